The summed E-state index contributed by atoms with van der Waals surface area (Å²) in [5, 5.41) is 0. The van der Waals surface area contributed by atoms with Gasteiger partial charge in [-0.3, -0.25) is 0 Å². The fourth-order valence-electron chi connectivity index (χ4n) is 7.07. The summed E-state index contributed by atoms with van der Waals surface area (Å²) in [6.45, 7) is 27.2. The molecule has 2 unspecified atom stereocenters. The standard InChI is InChI=1S/C32H33N.C14H18.3C7H8.2C2H6/c1-4-5-7-10-26(3)27-15-17-28(18-16-27)29-19-23-32(24-20-29)33(30-11-8-6-9-12-30)31-21-13-25(2)14-22-31;1-4-12(2)10-11-13(3)14-8-6-5-7-9-14;3*1-7-5-3-2-4-6-7;2*1-2/h4-6,8-9,11-24,26H,7,10H2,1-3H3;4-11,13H,1-3H3;3*2-6H,1H3;2*1-2H3/b5-4-;11-10-,12-4-;;;;;. The zero-order valence-electron chi connectivity index (χ0n) is 46.3. The van der Waals surface area contributed by atoms with E-state index in [4.69, 9.17) is 0 Å². The highest BCUT2D eigenvalue weighted by atomic mass is 15.1. The Morgan fingerprint density at radius 2 is 0.764 bits per heavy atom. The van der Waals surface area contributed by atoms with E-state index in [2.05, 4.69) is 267 Å². The topological polar surface area (TPSA) is 3.24 Å². The van der Waals surface area contributed by atoms with Gasteiger partial charge in [-0.2, -0.15) is 0 Å². The second-order valence-corrected chi connectivity index (χ2v) is 17.3. The molecule has 0 spiro atoms. The Balaban J connectivity index is 0.000000369. The Hall–Kier alpha value is -7.22. The van der Waals surface area contributed by atoms with E-state index in [1.165, 1.54) is 56.5 Å². The highest BCUT2D eigenvalue weighted by Crippen LogP contribution is 2.36. The van der Waals surface area contributed by atoms with Gasteiger partial charge in [0.2, 0.25) is 0 Å². The molecule has 0 saturated heterocycles. The number of para-hydroxylation sites is 1. The molecule has 0 amide bonds. The van der Waals surface area contributed by atoms with Crippen molar-refractivity contribution in [2.45, 2.75) is 115 Å². The van der Waals surface area contributed by atoms with E-state index in [9.17, 15) is 0 Å². The maximum absolute atomic E-state index is 2.32. The minimum atomic E-state index is 0.492. The summed E-state index contributed by atoms with van der Waals surface area (Å²) in [6.07, 6.45) is 13.3. The van der Waals surface area contributed by atoms with E-state index in [1.807, 2.05) is 82.3 Å². The molecule has 0 aliphatic carbocycles. The van der Waals surface area contributed by atoms with E-state index < -0.39 is 0 Å². The minimum absolute atomic E-state index is 0.492. The van der Waals surface area contributed by atoms with Gasteiger partial charge in [-0.05, 0) is 132 Å². The van der Waals surface area contributed by atoms with Crippen molar-refractivity contribution < 1.29 is 0 Å². The molecule has 8 aromatic carbocycles. The van der Waals surface area contributed by atoms with Gasteiger partial charge in [-0.25, -0.2) is 0 Å². The largest absolute Gasteiger partial charge is 0.311 e. The third-order valence-corrected chi connectivity index (χ3v) is 11.5. The number of aryl methyl sites for hydroxylation is 4. The highest BCUT2D eigenvalue weighted by molar-refractivity contribution is 5.78. The van der Waals surface area contributed by atoms with Gasteiger partial charge >= 0.3 is 0 Å². The molecule has 0 bridgehead atoms. The lowest BCUT2D eigenvalue weighted by Crippen LogP contribution is -2.09. The van der Waals surface area contributed by atoms with Crippen molar-refractivity contribution in [3.05, 3.63) is 294 Å². The van der Waals surface area contributed by atoms with E-state index >= 15 is 0 Å². The van der Waals surface area contributed by atoms with Gasteiger partial charge < -0.3 is 4.90 Å². The first-order valence-corrected chi connectivity index (χ1v) is 26.2. The molecule has 0 aliphatic heterocycles. The molecule has 72 heavy (non-hydrogen) atoms. The van der Waals surface area contributed by atoms with E-state index in [-0.39, 0.29) is 0 Å². The molecule has 8 rings (SSSR count). The second-order valence-electron chi connectivity index (χ2n) is 17.3. The zero-order chi connectivity index (χ0) is 52.8. The van der Waals surface area contributed by atoms with Crippen molar-refractivity contribution in [3.8, 4) is 11.1 Å². The monoisotopic (exact) mass is 954 g/mol. The van der Waals surface area contributed by atoms with Crippen LogP contribution in [-0.2, 0) is 0 Å². The van der Waals surface area contributed by atoms with Gasteiger partial charge in [0.25, 0.3) is 0 Å². The summed E-state index contributed by atoms with van der Waals surface area (Å²) in [4.78, 5) is 2.30. The molecular formula is C71H87N. The summed E-state index contributed by atoms with van der Waals surface area (Å²) in [5.74, 6) is 1.07. The number of allylic oxidation sites excluding steroid dienone is 6. The van der Waals surface area contributed by atoms with Crippen LogP contribution in [0.4, 0.5) is 17.1 Å². The Morgan fingerprint density at radius 3 is 1.14 bits per heavy atom. The molecule has 1 nitrogen and oxygen atoms in total. The second kappa shape index (κ2) is 37.6. The van der Waals surface area contributed by atoms with Crippen molar-refractivity contribution in [2.75, 3.05) is 4.90 Å². The van der Waals surface area contributed by atoms with Crippen LogP contribution in [-0.4, -0.2) is 0 Å². The quantitative estimate of drug-likeness (QED) is 0.0922. The predicted octanol–water partition coefficient (Wildman–Crippen LogP) is 21.9. The average Bonchev–Trinajstić information content (AvgIpc) is 3.44. The number of anilines is 3. The van der Waals surface area contributed by atoms with E-state index in [0.29, 0.717) is 11.8 Å². The van der Waals surface area contributed by atoms with Crippen LogP contribution in [0.3, 0.4) is 0 Å². The molecule has 8 aromatic rings. The Kier molecular flexibility index (Phi) is 31.8. The third kappa shape index (κ3) is 24.6. The van der Waals surface area contributed by atoms with Crippen molar-refractivity contribution in [1.82, 2.24) is 0 Å². The maximum Gasteiger partial charge on any atom is 0.0462 e. The van der Waals surface area contributed by atoms with Crippen LogP contribution in [0.5, 0.6) is 0 Å². The first-order valence-electron chi connectivity index (χ1n) is 26.2. The lowest BCUT2D eigenvalue weighted by molar-refractivity contribution is 0.690. The molecule has 0 heterocycles. The SMILES string of the molecule is C/C=C(C)\C=C/C(C)c1ccccc1.C/C=C\CCC(C)c1ccc(-c2ccc(N(c3ccccc3)c3ccc(C)cc3)cc2)cc1.CC.CC.Cc1ccccc1.Cc1ccccc1.Cc1ccccc1. The van der Waals surface area contributed by atoms with Crippen molar-refractivity contribution >= 4 is 17.1 Å². The fourth-order valence-corrected chi connectivity index (χ4v) is 7.07. The zero-order valence-corrected chi connectivity index (χ0v) is 46.3. The van der Waals surface area contributed by atoms with Crippen molar-refractivity contribution in [3.63, 3.8) is 0 Å². The Bertz CT molecular complexity index is 2500. The number of rotatable bonds is 11. The highest BCUT2D eigenvalue weighted by Gasteiger charge is 2.12. The van der Waals surface area contributed by atoms with Crippen LogP contribution < -0.4 is 4.90 Å². The maximum atomic E-state index is 2.32. The number of benzene rings is 8. The smallest absolute Gasteiger partial charge is 0.0462 e. The van der Waals surface area contributed by atoms with Gasteiger partial charge in [0.1, 0.15) is 0 Å². The van der Waals surface area contributed by atoms with Gasteiger partial charge in [0.05, 0.1) is 0 Å². The van der Waals surface area contributed by atoms with E-state index in [0.717, 1.165) is 23.5 Å². The van der Waals surface area contributed by atoms with Crippen LogP contribution in [0.25, 0.3) is 11.1 Å². The predicted molar refractivity (Wildman–Crippen MR) is 323 cm³/mol. The van der Waals surface area contributed by atoms with Crippen LogP contribution in [0, 0.1) is 27.7 Å². The molecular weight excluding hydrogens is 867 g/mol. The summed E-state index contributed by atoms with van der Waals surface area (Å²) in [6, 6.07) is 78.6. The molecule has 376 valence electrons. The van der Waals surface area contributed by atoms with Gasteiger partial charge in [0.15, 0.2) is 0 Å². The number of hydrogen-bond donors (Lipinski definition) is 0. The van der Waals surface area contributed by atoms with Gasteiger partial charge in [0, 0.05) is 17.1 Å². The van der Waals surface area contributed by atoms with Crippen LogP contribution >= 0.6 is 0 Å². The third-order valence-electron chi connectivity index (χ3n) is 11.5. The van der Waals surface area contributed by atoms with Crippen molar-refractivity contribution in [1.29, 1.82) is 0 Å². The van der Waals surface area contributed by atoms with Gasteiger partial charge in [-0.1, -0.05) is 288 Å². The summed E-state index contributed by atoms with van der Waals surface area (Å²) >= 11 is 0. The summed E-state index contributed by atoms with van der Waals surface area (Å²) < 4.78 is 0. The summed E-state index contributed by atoms with van der Waals surface area (Å²) in [7, 11) is 0. The fraction of sp³-hybridized carbons (Fsp3) is 0.239. The summed E-state index contributed by atoms with van der Waals surface area (Å²) in [5.41, 5.74) is 15.3. The first kappa shape index (κ1) is 60.9. The molecule has 2 atom stereocenters. The molecule has 0 radical (unpaired) electrons. The number of hydrogen-bond acceptors (Lipinski definition) is 1. The Morgan fingerprint density at radius 1 is 0.417 bits per heavy atom. The van der Waals surface area contributed by atoms with Gasteiger partial charge in [-0.15, -0.1) is 0 Å². The normalized spacial score (nSPS) is 11.1. The molecule has 0 fully saturated rings. The molecule has 0 aliphatic rings. The number of nitrogens with zero attached hydrogens (tertiary/aromatic N) is 1. The lowest BCUT2D eigenvalue weighted by atomic mass is 9.94. The molecule has 1 heteroatoms. The minimum Gasteiger partial charge on any atom is -0.311 e. The van der Waals surface area contributed by atoms with Crippen LogP contribution in [0.1, 0.15) is 120 Å². The molecule has 0 N–H and O–H groups in total. The lowest BCUT2D eigenvalue weighted by Gasteiger charge is -2.25. The molecule has 0 saturated carbocycles. The van der Waals surface area contributed by atoms with Crippen LogP contribution in [0.15, 0.2) is 260 Å². The molecule has 0 aromatic heterocycles. The first-order chi connectivity index (χ1) is 35.1. The Labute approximate surface area is 439 Å². The van der Waals surface area contributed by atoms with Crippen molar-refractivity contribution in [2.24, 2.45) is 0 Å². The van der Waals surface area contributed by atoms with E-state index in [1.54, 1.807) is 0 Å². The average molecular weight is 954 g/mol. The van der Waals surface area contributed by atoms with Crippen LogP contribution in [0.2, 0.25) is 0 Å².